The summed E-state index contributed by atoms with van der Waals surface area (Å²) in [5, 5.41) is 9.12. The summed E-state index contributed by atoms with van der Waals surface area (Å²) in [5.74, 6) is 1.06. The summed E-state index contributed by atoms with van der Waals surface area (Å²) in [6, 6.07) is 3.90. The van der Waals surface area contributed by atoms with Crippen LogP contribution in [0, 0.1) is 0 Å². The fraction of sp³-hybridized carbons (Fsp3) is 0.409. The first-order chi connectivity index (χ1) is 15.6. The van der Waals surface area contributed by atoms with E-state index < -0.39 is 6.09 Å². The first kappa shape index (κ1) is 20.4. The molecule has 1 amide bonds. The van der Waals surface area contributed by atoms with Crippen LogP contribution >= 0.6 is 0 Å². The van der Waals surface area contributed by atoms with E-state index in [-0.39, 0.29) is 5.92 Å². The van der Waals surface area contributed by atoms with Gasteiger partial charge in [-0.3, -0.25) is 14.2 Å². The van der Waals surface area contributed by atoms with E-state index in [0.29, 0.717) is 50.7 Å². The van der Waals surface area contributed by atoms with Crippen molar-refractivity contribution in [3.05, 3.63) is 42.1 Å². The van der Waals surface area contributed by atoms with Crippen LogP contribution in [0.5, 0.6) is 0 Å². The molecular formula is C22H24N6O4. The van der Waals surface area contributed by atoms with Gasteiger partial charge < -0.3 is 19.6 Å². The van der Waals surface area contributed by atoms with Gasteiger partial charge in [0.05, 0.1) is 17.6 Å². The van der Waals surface area contributed by atoms with Gasteiger partial charge in [-0.05, 0) is 25.0 Å². The number of piperazine rings is 1. The Bertz CT molecular complexity index is 1130. The van der Waals surface area contributed by atoms with Gasteiger partial charge in [0.2, 0.25) is 0 Å². The summed E-state index contributed by atoms with van der Waals surface area (Å²) < 4.78 is 7.40. The predicted octanol–water partition coefficient (Wildman–Crippen LogP) is 2.30. The second kappa shape index (κ2) is 8.54. The van der Waals surface area contributed by atoms with Crippen LogP contribution in [0.25, 0.3) is 16.9 Å². The van der Waals surface area contributed by atoms with E-state index in [2.05, 4.69) is 14.9 Å². The third-order valence-electron chi connectivity index (χ3n) is 6.19. The van der Waals surface area contributed by atoms with Gasteiger partial charge in [0.25, 0.3) is 0 Å². The van der Waals surface area contributed by atoms with Crippen molar-refractivity contribution >= 4 is 23.8 Å². The standard InChI is InChI=1S/C22H24N6O4/c29-14-17-13-28-18(12-24-20(21(28)25-17)15-3-9-32-10-4-15)16-1-2-19(23-11-16)26-5-7-27(8-6-26)22(30)31/h1-2,11-15H,3-10H2,(H,30,31). The molecule has 5 rings (SSSR count). The van der Waals surface area contributed by atoms with E-state index in [0.717, 1.165) is 41.9 Å². The minimum absolute atomic E-state index is 0.257. The molecule has 0 aliphatic carbocycles. The molecule has 10 nitrogen and oxygen atoms in total. The number of nitrogens with zero attached hydrogens (tertiary/aromatic N) is 6. The first-order valence-electron chi connectivity index (χ1n) is 10.7. The number of carbonyl (C=O) groups excluding carboxylic acids is 1. The monoisotopic (exact) mass is 436 g/mol. The van der Waals surface area contributed by atoms with Gasteiger partial charge in [-0.1, -0.05) is 0 Å². The van der Waals surface area contributed by atoms with Crippen LogP contribution in [-0.2, 0) is 4.74 Å². The minimum atomic E-state index is -0.885. The molecule has 0 bridgehead atoms. The highest BCUT2D eigenvalue weighted by molar-refractivity contribution is 5.75. The van der Waals surface area contributed by atoms with E-state index in [1.807, 2.05) is 22.7 Å². The number of imidazole rings is 1. The third kappa shape index (κ3) is 3.77. The van der Waals surface area contributed by atoms with Crippen molar-refractivity contribution in [2.24, 2.45) is 0 Å². The number of amides is 1. The predicted molar refractivity (Wildman–Crippen MR) is 116 cm³/mol. The van der Waals surface area contributed by atoms with Crippen LogP contribution in [0.2, 0.25) is 0 Å². The normalized spacial score (nSPS) is 17.6. The number of anilines is 1. The fourth-order valence-electron chi connectivity index (χ4n) is 4.39. The smallest absolute Gasteiger partial charge is 0.407 e. The van der Waals surface area contributed by atoms with Gasteiger partial charge in [-0.15, -0.1) is 0 Å². The SMILES string of the molecule is O=Cc1cn2c(-c3ccc(N4CCN(C(=O)O)CC4)nc3)cnc(C3CCOCC3)c2n1. The maximum Gasteiger partial charge on any atom is 0.407 e. The number of carbonyl (C=O) groups is 2. The molecule has 3 aromatic rings. The molecule has 0 radical (unpaired) electrons. The number of hydrogen-bond donors (Lipinski definition) is 1. The van der Waals surface area contributed by atoms with Gasteiger partial charge in [0, 0.05) is 63.3 Å². The molecule has 10 heteroatoms. The molecule has 5 heterocycles. The van der Waals surface area contributed by atoms with Crippen molar-refractivity contribution in [3.63, 3.8) is 0 Å². The first-order valence-corrected chi connectivity index (χ1v) is 10.7. The summed E-state index contributed by atoms with van der Waals surface area (Å²) in [4.78, 5) is 39.9. The molecule has 2 saturated heterocycles. The number of rotatable bonds is 4. The highest BCUT2D eigenvalue weighted by atomic mass is 16.5. The number of ether oxygens (including phenoxy) is 1. The van der Waals surface area contributed by atoms with E-state index in [1.165, 1.54) is 4.90 Å². The Kier molecular flexibility index (Phi) is 5.44. The molecule has 2 aliphatic rings. The lowest BCUT2D eigenvalue weighted by Gasteiger charge is -2.33. The fourth-order valence-corrected chi connectivity index (χ4v) is 4.39. The molecule has 1 N–H and O–H groups in total. The summed E-state index contributed by atoms with van der Waals surface area (Å²) in [6.45, 7) is 3.53. The topological polar surface area (TPSA) is 113 Å². The van der Waals surface area contributed by atoms with Crippen molar-refractivity contribution < 1.29 is 19.4 Å². The summed E-state index contributed by atoms with van der Waals surface area (Å²) in [7, 11) is 0. The number of fused-ring (bicyclic) bond motifs is 1. The number of pyridine rings is 1. The average molecular weight is 436 g/mol. The van der Waals surface area contributed by atoms with Crippen molar-refractivity contribution in [2.75, 3.05) is 44.3 Å². The number of aldehydes is 1. The highest BCUT2D eigenvalue weighted by Gasteiger charge is 2.24. The zero-order chi connectivity index (χ0) is 22.1. The van der Waals surface area contributed by atoms with Gasteiger partial charge >= 0.3 is 6.09 Å². The summed E-state index contributed by atoms with van der Waals surface area (Å²) in [5.41, 5.74) is 3.64. The lowest BCUT2D eigenvalue weighted by Crippen LogP contribution is -2.48. The maximum absolute atomic E-state index is 11.4. The molecule has 0 aromatic carbocycles. The van der Waals surface area contributed by atoms with Crippen molar-refractivity contribution in [1.29, 1.82) is 0 Å². The quantitative estimate of drug-likeness (QED) is 0.620. The Morgan fingerprint density at radius 1 is 1.09 bits per heavy atom. The second-order valence-electron chi connectivity index (χ2n) is 8.05. The van der Waals surface area contributed by atoms with Crippen molar-refractivity contribution in [1.82, 2.24) is 24.3 Å². The Morgan fingerprint density at radius 3 is 2.53 bits per heavy atom. The Labute approximate surface area is 184 Å². The highest BCUT2D eigenvalue weighted by Crippen LogP contribution is 2.31. The lowest BCUT2D eigenvalue weighted by atomic mass is 9.96. The molecule has 0 unspecified atom stereocenters. The number of aromatic nitrogens is 4. The van der Waals surface area contributed by atoms with Crippen LogP contribution in [0.15, 0.2) is 30.7 Å². The zero-order valence-corrected chi connectivity index (χ0v) is 17.6. The molecule has 2 aliphatic heterocycles. The van der Waals surface area contributed by atoms with Crippen LogP contribution < -0.4 is 4.90 Å². The third-order valence-corrected chi connectivity index (χ3v) is 6.19. The van der Waals surface area contributed by atoms with Crippen LogP contribution in [0.4, 0.5) is 10.6 Å². The van der Waals surface area contributed by atoms with E-state index >= 15 is 0 Å². The zero-order valence-electron chi connectivity index (χ0n) is 17.6. The average Bonchev–Trinajstić information content (AvgIpc) is 3.29. The van der Waals surface area contributed by atoms with Gasteiger partial charge in [-0.2, -0.15) is 0 Å². The molecule has 3 aromatic heterocycles. The molecular weight excluding hydrogens is 412 g/mol. The Morgan fingerprint density at radius 2 is 1.88 bits per heavy atom. The maximum atomic E-state index is 11.4. The van der Waals surface area contributed by atoms with Gasteiger partial charge in [0.15, 0.2) is 11.9 Å². The second-order valence-corrected chi connectivity index (χ2v) is 8.05. The van der Waals surface area contributed by atoms with Crippen LogP contribution in [-0.4, -0.2) is 81.1 Å². The van der Waals surface area contributed by atoms with Crippen molar-refractivity contribution in [2.45, 2.75) is 18.8 Å². The molecule has 32 heavy (non-hydrogen) atoms. The summed E-state index contributed by atoms with van der Waals surface area (Å²) in [6.07, 6.45) is 6.97. The lowest BCUT2D eigenvalue weighted by molar-refractivity contribution is 0.0847. The van der Waals surface area contributed by atoms with Crippen molar-refractivity contribution in [3.8, 4) is 11.3 Å². The number of carboxylic acid groups (broad SMARTS) is 1. The minimum Gasteiger partial charge on any atom is -0.465 e. The molecule has 166 valence electrons. The van der Waals surface area contributed by atoms with Crippen LogP contribution in [0.3, 0.4) is 0 Å². The van der Waals surface area contributed by atoms with Gasteiger partial charge in [-0.25, -0.2) is 14.8 Å². The van der Waals surface area contributed by atoms with E-state index in [9.17, 15) is 9.59 Å². The number of hydrogen-bond acceptors (Lipinski definition) is 7. The molecule has 0 atom stereocenters. The Balaban J connectivity index is 1.44. The molecule has 0 saturated carbocycles. The van der Waals surface area contributed by atoms with Gasteiger partial charge in [0.1, 0.15) is 11.5 Å². The van der Waals surface area contributed by atoms with Crippen LogP contribution in [0.1, 0.15) is 34.9 Å². The molecule has 2 fully saturated rings. The Hall–Kier alpha value is -3.53. The van der Waals surface area contributed by atoms with E-state index in [1.54, 1.807) is 12.4 Å². The largest absolute Gasteiger partial charge is 0.465 e. The summed E-state index contributed by atoms with van der Waals surface area (Å²) >= 11 is 0. The van der Waals surface area contributed by atoms with E-state index in [4.69, 9.17) is 14.8 Å². The molecule has 0 spiro atoms.